The van der Waals surface area contributed by atoms with Gasteiger partial charge in [0.15, 0.2) is 0 Å². The van der Waals surface area contributed by atoms with E-state index in [2.05, 4.69) is 26.2 Å². The second kappa shape index (κ2) is 8.48. The number of carbonyl (C=O) groups excluding carboxylic acids is 1. The lowest BCUT2D eigenvalue weighted by Crippen LogP contribution is -2.30. The Hall–Kier alpha value is -2.47. The van der Waals surface area contributed by atoms with Crippen molar-refractivity contribution in [2.75, 3.05) is 0 Å². The topological polar surface area (TPSA) is 64.0 Å². The fourth-order valence-corrected chi connectivity index (χ4v) is 3.36. The molecule has 0 spiro atoms. The van der Waals surface area contributed by atoms with Gasteiger partial charge in [0.2, 0.25) is 5.91 Å². The van der Waals surface area contributed by atoms with Crippen LogP contribution in [-0.4, -0.2) is 15.5 Å². The quantitative estimate of drug-likeness (QED) is 0.643. The molecular weight excluding hydrogens is 406 g/mol. The van der Waals surface area contributed by atoms with Crippen molar-refractivity contribution in [1.29, 1.82) is 0 Å². The van der Waals surface area contributed by atoms with Crippen LogP contribution in [0.15, 0.2) is 58.1 Å². The summed E-state index contributed by atoms with van der Waals surface area (Å²) in [7, 11) is 0. The maximum Gasteiger partial charge on any atom is 0.261 e. The SMILES string of the molecule is CC[C@H](NC(=O)CCn1cnc2ccc(Br)cc2c1=O)c1ccc(C)cc1. The van der Waals surface area contributed by atoms with E-state index in [9.17, 15) is 9.59 Å². The Morgan fingerprint density at radius 1 is 1.22 bits per heavy atom. The number of fused-ring (bicyclic) bond motifs is 1. The Morgan fingerprint density at radius 3 is 2.67 bits per heavy atom. The summed E-state index contributed by atoms with van der Waals surface area (Å²) in [5, 5.41) is 3.60. The van der Waals surface area contributed by atoms with E-state index in [-0.39, 0.29) is 23.9 Å². The molecule has 0 aliphatic carbocycles. The van der Waals surface area contributed by atoms with Crippen molar-refractivity contribution in [2.45, 2.75) is 39.3 Å². The molecule has 140 valence electrons. The van der Waals surface area contributed by atoms with E-state index in [0.717, 1.165) is 16.5 Å². The van der Waals surface area contributed by atoms with E-state index in [4.69, 9.17) is 0 Å². The second-order valence-electron chi connectivity index (χ2n) is 6.59. The molecule has 1 N–H and O–H groups in total. The van der Waals surface area contributed by atoms with Crippen molar-refractivity contribution in [2.24, 2.45) is 0 Å². The first-order chi connectivity index (χ1) is 13.0. The van der Waals surface area contributed by atoms with Crippen LogP contribution in [0.4, 0.5) is 0 Å². The van der Waals surface area contributed by atoms with Crippen molar-refractivity contribution in [3.63, 3.8) is 0 Å². The minimum Gasteiger partial charge on any atom is -0.349 e. The molecule has 2 aromatic carbocycles. The third kappa shape index (κ3) is 4.63. The predicted octanol–water partition coefficient (Wildman–Crippen LogP) is 4.13. The van der Waals surface area contributed by atoms with Crippen LogP contribution in [0.3, 0.4) is 0 Å². The largest absolute Gasteiger partial charge is 0.349 e. The molecule has 0 fully saturated rings. The van der Waals surface area contributed by atoms with Gasteiger partial charge in [-0.2, -0.15) is 0 Å². The van der Waals surface area contributed by atoms with Gasteiger partial charge in [0.25, 0.3) is 5.56 Å². The smallest absolute Gasteiger partial charge is 0.261 e. The zero-order valence-electron chi connectivity index (χ0n) is 15.4. The average molecular weight is 428 g/mol. The maximum absolute atomic E-state index is 12.6. The number of halogens is 1. The van der Waals surface area contributed by atoms with Crippen molar-refractivity contribution in [1.82, 2.24) is 14.9 Å². The number of amides is 1. The Morgan fingerprint density at radius 2 is 1.96 bits per heavy atom. The number of hydrogen-bond acceptors (Lipinski definition) is 3. The first-order valence-electron chi connectivity index (χ1n) is 8.98. The van der Waals surface area contributed by atoms with Gasteiger partial charge in [0.1, 0.15) is 0 Å². The highest BCUT2D eigenvalue weighted by atomic mass is 79.9. The van der Waals surface area contributed by atoms with Crippen LogP contribution < -0.4 is 10.9 Å². The maximum atomic E-state index is 12.6. The zero-order chi connectivity index (χ0) is 19.4. The van der Waals surface area contributed by atoms with E-state index in [0.29, 0.717) is 17.4 Å². The Kier molecular flexibility index (Phi) is 6.06. The van der Waals surface area contributed by atoms with Gasteiger partial charge in [-0.05, 0) is 37.1 Å². The Labute approximate surface area is 166 Å². The van der Waals surface area contributed by atoms with E-state index in [1.165, 1.54) is 16.5 Å². The lowest BCUT2D eigenvalue weighted by atomic mass is 10.0. The average Bonchev–Trinajstić information content (AvgIpc) is 2.67. The van der Waals surface area contributed by atoms with Crippen LogP contribution in [0.5, 0.6) is 0 Å². The summed E-state index contributed by atoms with van der Waals surface area (Å²) in [4.78, 5) is 29.3. The molecule has 1 amide bonds. The summed E-state index contributed by atoms with van der Waals surface area (Å²) in [5.74, 6) is -0.0799. The monoisotopic (exact) mass is 427 g/mol. The molecule has 0 bridgehead atoms. The summed E-state index contributed by atoms with van der Waals surface area (Å²) in [6.07, 6.45) is 2.53. The minimum absolute atomic E-state index is 0.0273. The van der Waals surface area contributed by atoms with Gasteiger partial charge >= 0.3 is 0 Å². The summed E-state index contributed by atoms with van der Waals surface area (Å²) in [6.45, 7) is 4.38. The van der Waals surface area contributed by atoms with Crippen LogP contribution in [0.25, 0.3) is 10.9 Å². The lowest BCUT2D eigenvalue weighted by molar-refractivity contribution is -0.122. The first-order valence-corrected chi connectivity index (χ1v) is 9.78. The number of hydrogen-bond donors (Lipinski definition) is 1. The number of benzene rings is 2. The highest BCUT2D eigenvalue weighted by molar-refractivity contribution is 9.10. The van der Waals surface area contributed by atoms with Crippen molar-refractivity contribution >= 4 is 32.7 Å². The van der Waals surface area contributed by atoms with Crippen LogP contribution in [0.2, 0.25) is 0 Å². The molecule has 1 aromatic heterocycles. The van der Waals surface area contributed by atoms with Gasteiger partial charge < -0.3 is 5.32 Å². The molecule has 3 rings (SSSR count). The van der Waals surface area contributed by atoms with E-state index >= 15 is 0 Å². The van der Waals surface area contributed by atoms with Gasteiger partial charge in [-0.1, -0.05) is 52.7 Å². The minimum atomic E-state index is -0.139. The predicted molar refractivity (Wildman–Crippen MR) is 111 cm³/mol. The van der Waals surface area contributed by atoms with E-state index in [1.807, 2.05) is 44.2 Å². The Bertz CT molecular complexity index is 1010. The molecule has 0 aliphatic rings. The van der Waals surface area contributed by atoms with E-state index < -0.39 is 0 Å². The highest BCUT2D eigenvalue weighted by Gasteiger charge is 2.13. The normalized spacial score (nSPS) is 12.1. The summed E-state index contributed by atoms with van der Waals surface area (Å²) in [6, 6.07) is 13.5. The number of nitrogens with one attached hydrogen (secondary N) is 1. The van der Waals surface area contributed by atoms with Crippen molar-refractivity contribution in [3.8, 4) is 0 Å². The van der Waals surface area contributed by atoms with Crippen LogP contribution >= 0.6 is 15.9 Å². The summed E-state index contributed by atoms with van der Waals surface area (Å²) >= 11 is 3.37. The van der Waals surface area contributed by atoms with Gasteiger partial charge in [0, 0.05) is 17.4 Å². The molecular formula is C21H22BrN3O2. The molecule has 6 heteroatoms. The molecule has 27 heavy (non-hydrogen) atoms. The summed E-state index contributed by atoms with van der Waals surface area (Å²) < 4.78 is 2.31. The fourth-order valence-electron chi connectivity index (χ4n) is 3.00. The number of nitrogens with zero attached hydrogens (tertiary/aromatic N) is 2. The van der Waals surface area contributed by atoms with Gasteiger partial charge in [0.05, 0.1) is 23.3 Å². The molecule has 0 saturated heterocycles. The number of aromatic nitrogens is 2. The lowest BCUT2D eigenvalue weighted by Gasteiger charge is -2.18. The van der Waals surface area contributed by atoms with Crippen LogP contribution in [0.1, 0.15) is 36.9 Å². The molecule has 5 nitrogen and oxygen atoms in total. The van der Waals surface area contributed by atoms with Crippen molar-refractivity contribution < 1.29 is 4.79 Å². The van der Waals surface area contributed by atoms with E-state index in [1.54, 1.807) is 12.1 Å². The number of aryl methyl sites for hydroxylation is 2. The molecule has 1 heterocycles. The van der Waals surface area contributed by atoms with Gasteiger partial charge in [-0.3, -0.25) is 14.2 Å². The molecule has 0 radical (unpaired) electrons. The number of rotatable bonds is 6. The fraction of sp³-hybridized carbons (Fsp3) is 0.286. The molecule has 1 atom stereocenters. The highest BCUT2D eigenvalue weighted by Crippen LogP contribution is 2.17. The van der Waals surface area contributed by atoms with Gasteiger partial charge in [-0.25, -0.2) is 4.98 Å². The molecule has 0 unspecified atom stereocenters. The molecule has 0 aliphatic heterocycles. The number of carbonyl (C=O) groups is 1. The van der Waals surface area contributed by atoms with Crippen LogP contribution in [0, 0.1) is 6.92 Å². The standard InChI is InChI=1S/C21H22BrN3O2/c1-3-18(15-6-4-14(2)5-7-15)24-20(26)10-11-25-13-23-19-9-8-16(22)12-17(19)21(25)27/h4-9,12-13,18H,3,10-11H2,1-2H3,(H,24,26)/t18-/m0/s1. The zero-order valence-corrected chi connectivity index (χ0v) is 17.0. The third-order valence-corrected chi connectivity index (χ3v) is 5.08. The van der Waals surface area contributed by atoms with Crippen LogP contribution in [-0.2, 0) is 11.3 Å². The van der Waals surface area contributed by atoms with Gasteiger partial charge in [-0.15, -0.1) is 0 Å². The summed E-state index contributed by atoms with van der Waals surface area (Å²) in [5.41, 5.74) is 2.79. The molecule has 0 saturated carbocycles. The third-order valence-electron chi connectivity index (χ3n) is 4.59. The second-order valence-corrected chi connectivity index (χ2v) is 7.51. The molecule has 3 aromatic rings. The first kappa shape index (κ1) is 19.3. The Balaban J connectivity index is 1.68. The van der Waals surface area contributed by atoms with Crippen molar-refractivity contribution in [3.05, 3.63) is 74.7 Å².